The van der Waals surface area contributed by atoms with Crippen molar-refractivity contribution in [1.82, 2.24) is 14.8 Å². The van der Waals surface area contributed by atoms with Crippen LogP contribution in [0.3, 0.4) is 0 Å². The van der Waals surface area contributed by atoms with Crippen molar-refractivity contribution >= 4 is 22.7 Å². The van der Waals surface area contributed by atoms with Crippen LogP contribution in [-0.4, -0.2) is 59.9 Å². The van der Waals surface area contributed by atoms with Gasteiger partial charge in [0.2, 0.25) is 11.8 Å². The third-order valence-corrected chi connectivity index (χ3v) is 6.43. The van der Waals surface area contributed by atoms with E-state index >= 15 is 0 Å². The molecular formula is C25H25N3O4. The second kappa shape index (κ2) is 7.75. The van der Waals surface area contributed by atoms with Crippen LogP contribution in [0.15, 0.2) is 55.1 Å². The van der Waals surface area contributed by atoms with E-state index in [1.807, 2.05) is 36.4 Å². The number of benzene rings is 2. The molecule has 1 saturated heterocycles. The van der Waals surface area contributed by atoms with Gasteiger partial charge in [-0.15, -0.1) is 6.58 Å². The van der Waals surface area contributed by atoms with E-state index in [1.165, 1.54) is 0 Å². The van der Waals surface area contributed by atoms with Crippen LogP contribution in [-0.2, 0) is 16.0 Å². The SMILES string of the molecule is C=CCN1CC(=O)N2[C@@H](c3ccc(OC)cc3OC)c3[nH]c4ccccc4c3C[C@H]2C1=O. The Kier molecular flexibility index (Phi) is 4.89. The predicted molar refractivity (Wildman–Crippen MR) is 121 cm³/mol. The fourth-order valence-electron chi connectivity index (χ4n) is 5.00. The summed E-state index contributed by atoms with van der Waals surface area (Å²) < 4.78 is 11.1. The predicted octanol–water partition coefficient (Wildman–Crippen LogP) is 3.06. The Morgan fingerprint density at radius 1 is 1.16 bits per heavy atom. The molecule has 32 heavy (non-hydrogen) atoms. The number of fused-ring (bicyclic) bond motifs is 4. The zero-order valence-electron chi connectivity index (χ0n) is 18.1. The number of para-hydroxylation sites is 1. The Balaban J connectivity index is 1.74. The van der Waals surface area contributed by atoms with Crippen LogP contribution in [0.1, 0.15) is 22.9 Å². The number of carbonyl (C=O) groups excluding carboxylic acids is 2. The van der Waals surface area contributed by atoms with Gasteiger partial charge < -0.3 is 24.3 Å². The van der Waals surface area contributed by atoms with E-state index < -0.39 is 12.1 Å². The number of hydrogen-bond acceptors (Lipinski definition) is 4. The Bertz CT molecular complexity index is 1230. The highest BCUT2D eigenvalue weighted by Crippen LogP contribution is 2.45. The smallest absolute Gasteiger partial charge is 0.246 e. The van der Waals surface area contributed by atoms with Crippen LogP contribution in [0.5, 0.6) is 11.5 Å². The molecular weight excluding hydrogens is 406 g/mol. The second-order valence-corrected chi connectivity index (χ2v) is 8.10. The summed E-state index contributed by atoms with van der Waals surface area (Å²) in [5.41, 5.74) is 3.78. The number of piperazine rings is 1. The van der Waals surface area contributed by atoms with Crippen molar-refractivity contribution in [3.63, 3.8) is 0 Å². The van der Waals surface area contributed by atoms with Crippen LogP contribution < -0.4 is 9.47 Å². The van der Waals surface area contributed by atoms with Crippen LogP contribution in [0.4, 0.5) is 0 Å². The molecule has 0 spiro atoms. The van der Waals surface area contributed by atoms with Gasteiger partial charge in [-0.05, 0) is 23.8 Å². The largest absolute Gasteiger partial charge is 0.497 e. The highest BCUT2D eigenvalue weighted by atomic mass is 16.5. The maximum atomic E-state index is 13.4. The fourth-order valence-corrected chi connectivity index (χ4v) is 5.00. The van der Waals surface area contributed by atoms with Crippen molar-refractivity contribution in [2.75, 3.05) is 27.3 Å². The van der Waals surface area contributed by atoms with Crippen molar-refractivity contribution in [2.24, 2.45) is 0 Å². The molecule has 1 fully saturated rings. The highest BCUT2D eigenvalue weighted by molar-refractivity contribution is 5.97. The minimum atomic E-state index is -0.584. The molecule has 2 amide bonds. The number of hydrogen-bond donors (Lipinski definition) is 1. The first-order chi connectivity index (χ1) is 15.6. The molecule has 1 aromatic heterocycles. The fraction of sp³-hybridized carbons (Fsp3) is 0.280. The average molecular weight is 431 g/mol. The van der Waals surface area contributed by atoms with E-state index in [4.69, 9.17) is 9.47 Å². The summed E-state index contributed by atoms with van der Waals surface area (Å²) in [7, 11) is 3.20. The van der Waals surface area contributed by atoms with Gasteiger partial charge in [0.05, 0.1) is 14.2 Å². The molecule has 5 rings (SSSR count). The first kappa shape index (κ1) is 20.2. The van der Waals surface area contributed by atoms with E-state index in [-0.39, 0.29) is 18.4 Å². The van der Waals surface area contributed by atoms with Gasteiger partial charge >= 0.3 is 0 Å². The molecule has 7 heteroatoms. The molecule has 164 valence electrons. The Morgan fingerprint density at radius 2 is 1.97 bits per heavy atom. The lowest BCUT2D eigenvalue weighted by Crippen LogP contribution is -2.63. The molecule has 2 aliphatic heterocycles. The van der Waals surface area contributed by atoms with Gasteiger partial charge in [0, 0.05) is 41.2 Å². The van der Waals surface area contributed by atoms with Crippen LogP contribution in [0.2, 0.25) is 0 Å². The average Bonchev–Trinajstić information content (AvgIpc) is 3.19. The van der Waals surface area contributed by atoms with Gasteiger partial charge in [-0.2, -0.15) is 0 Å². The van der Waals surface area contributed by atoms with Gasteiger partial charge in [-0.25, -0.2) is 0 Å². The van der Waals surface area contributed by atoms with Crippen LogP contribution in [0, 0.1) is 0 Å². The number of aromatic nitrogens is 1. The van der Waals surface area contributed by atoms with Crippen molar-refractivity contribution in [3.8, 4) is 11.5 Å². The number of rotatable bonds is 5. The van der Waals surface area contributed by atoms with E-state index in [2.05, 4.69) is 17.6 Å². The van der Waals surface area contributed by atoms with Crippen molar-refractivity contribution in [2.45, 2.75) is 18.5 Å². The monoisotopic (exact) mass is 431 g/mol. The minimum Gasteiger partial charge on any atom is -0.497 e. The maximum absolute atomic E-state index is 13.4. The summed E-state index contributed by atoms with van der Waals surface area (Å²) in [6.07, 6.45) is 2.12. The Labute approximate surface area is 186 Å². The number of amides is 2. The summed E-state index contributed by atoms with van der Waals surface area (Å²) in [4.78, 5) is 33.7. The molecule has 7 nitrogen and oxygen atoms in total. The molecule has 2 aliphatic rings. The first-order valence-electron chi connectivity index (χ1n) is 10.6. The molecule has 2 atom stereocenters. The Morgan fingerprint density at radius 3 is 2.72 bits per heavy atom. The number of carbonyl (C=O) groups is 2. The van der Waals surface area contributed by atoms with E-state index in [1.54, 1.807) is 30.1 Å². The van der Waals surface area contributed by atoms with E-state index in [9.17, 15) is 9.59 Å². The van der Waals surface area contributed by atoms with Gasteiger partial charge in [0.15, 0.2) is 0 Å². The van der Waals surface area contributed by atoms with Gasteiger partial charge in [0.25, 0.3) is 0 Å². The standard InChI is InChI=1S/C25H25N3O4/c1-4-11-27-14-22(29)28-20(25(27)30)13-18-16-7-5-6-8-19(16)26-23(18)24(28)17-10-9-15(31-2)12-21(17)32-3/h4-10,12,20,24,26H,1,11,13-14H2,2-3H3/t20-,24-/m0/s1. The summed E-state index contributed by atoms with van der Waals surface area (Å²) >= 11 is 0. The van der Waals surface area contributed by atoms with E-state index in [0.717, 1.165) is 27.7 Å². The maximum Gasteiger partial charge on any atom is 0.246 e. The third kappa shape index (κ3) is 2.96. The molecule has 0 radical (unpaired) electrons. The number of H-pyrrole nitrogens is 1. The summed E-state index contributed by atoms with van der Waals surface area (Å²) in [6, 6.07) is 12.5. The quantitative estimate of drug-likeness (QED) is 0.630. The van der Waals surface area contributed by atoms with E-state index in [0.29, 0.717) is 24.5 Å². The number of ether oxygens (including phenoxy) is 2. The molecule has 0 saturated carbocycles. The van der Waals surface area contributed by atoms with Crippen LogP contribution in [0.25, 0.3) is 10.9 Å². The molecule has 0 aliphatic carbocycles. The zero-order valence-corrected chi connectivity index (χ0v) is 18.1. The van der Waals surface area contributed by atoms with Gasteiger partial charge in [0.1, 0.15) is 30.1 Å². The molecule has 3 heterocycles. The van der Waals surface area contributed by atoms with Crippen molar-refractivity contribution in [1.29, 1.82) is 0 Å². The zero-order chi connectivity index (χ0) is 22.4. The summed E-state index contributed by atoms with van der Waals surface area (Å²) in [5, 5.41) is 1.07. The molecule has 0 bridgehead atoms. The topological polar surface area (TPSA) is 74.9 Å². The van der Waals surface area contributed by atoms with Crippen molar-refractivity contribution < 1.29 is 19.1 Å². The molecule has 3 aromatic rings. The lowest BCUT2D eigenvalue weighted by atomic mass is 9.86. The first-order valence-corrected chi connectivity index (χ1v) is 10.6. The lowest BCUT2D eigenvalue weighted by molar-refractivity contribution is -0.158. The molecule has 2 aromatic carbocycles. The number of nitrogens with zero attached hydrogens (tertiary/aromatic N) is 2. The van der Waals surface area contributed by atoms with Crippen molar-refractivity contribution in [3.05, 3.63) is 71.9 Å². The third-order valence-electron chi connectivity index (χ3n) is 6.43. The normalized spacial score (nSPS) is 20.2. The number of nitrogens with one attached hydrogen (secondary N) is 1. The Hall–Kier alpha value is -3.74. The van der Waals surface area contributed by atoms with Gasteiger partial charge in [-0.1, -0.05) is 24.3 Å². The summed E-state index contributed by atoms with van der Waals surface area (Å²) in [5.74, 6) is 1.11. The second-order valence-electron chi connectivity index (χ2n) is 8.10. The number of methoxy groups -OCH3 is 2. The van der Waals surface area contributed by atoms with Gasteiger partial charge in [-0.3, -0.25) is 9.59 Å². The molecule has 1 N–H and O–H groups in total. The summed E-state index contributed by atoms with van der Waals surface area (Å²) in [6.45, 7) is 4.12. The molecule has 0 unspecified atom stereocenters. The highest BCUT2D eigenvalue weighted by Gasteiger charge is 2.48. The van der Waals surface area contributed by atoms with Crippen LogP contribution >= 0.6 is 0 Å². The number of aromatic amines is 1. The lowest BCUT2D eigenvalue weighted by Gasteiger charge is -2.47. The minimum absolute atomic E-state index is 0.0336.